The molecule has 0 saturated carbocycles. The van der Waals surface area contributed by atoms with E-state index in [0.717, 1.165) is 13.8 Å². The van der Waals surface area contributed by atoms with Crippen LogP contribution in [-0.4, -0.2) is 50.4 Å². The number of hydrogen-bond acceptors (Lipinski definition) is 7. The molecule has 1 unspecified atom stereocenters. The highest BCUT2D eigenvalue weighted by atomic mass is 28.4. The minimum atomic E-state index is -6.59. The Morgan fingerprint density at radius 2 is 1.08 bits per heavy atom. The van der Waals surface area contributed by atoms with Crippen molar-refractivity contribution < 1.29 is 58.7 Å². The smallest absolute Gasteiger partial charge is 0.452 e. The minimum Gasteiger partial charge on any atom is -0.452 e. The van der Waals surface area contributed by atoms with Crippen LogP contribution in [0.25, 0.3) is 0 Å². The van der Waals surface area contributed by atoms with Crippen LogP contribution >= 0.6 is 0 Å². The number of rotatable bonds is 7. The van der Waals surface area contributed by atoms with Crippen molar-refractivity contribution in [3.8, 4) is 0 Å². The van der Waals surface area contributed by atoms with Crippen molar-refractivity contribution in [2.45, 2.75) is 58.3 Å². The lowest BCUT2D eigenvalue weighted by atomic mass is 10.3. The Bertz CT molecular complexity index is 524. The molecule has 0 amide bonds. The van der Waals surface area contributed by atoms with Gasteiger partial charge in [-0.2, -0.15) is 26.3 Å². The van der Waals surface area contributed by atoms with Gasteiger partial charge in [0.05, 0.1) is 6.10 Å². The summed E-state index contributed by atoms with van der Waals surface area (Å²) >= 11 is 0. The number of halogens is 6. The number of hydrogen-bond donors (Lipinski definition) is 0. The van der Waals surface area contributed by atoms with E-state index in [2.05, 4.69) is 18.0 Å². The third kappa shape index (κ3) is 4.87. The maximum Gasteiger partial charge on any atom is 0.781 e. The Morgan fingerprint density at radius 3 is 1.27 bits per heavy atom. The molecule has 26 heavy (non-hydrogen) atoms. The molecule has 0 radical (unpaired) electrons. The van der Waals surface area contributed by atoms with Crippen LogP contribution < -0.4 is 0 Å². The lowest BCUT2D eigenvalue weighted by Gasteiger charge is -2.41. The Morgan fingerprint density at radius 1 is 0.769 bits per heavy atom. The van der Waals surface area contributed by atoms with E-state index in [4.69, 9.17) is 0 Å². The summed E-state index contributed by atoms with van der Waals surface area (Å²) in [5.74, 6) is -11.4. The Balaban J connectivity index is 6.90. The van der Waals surface area contributed by atoms with Gasteiger partial charge in [0.25, 0.3) is 17.9 Å². The monoisotopic (exact) mass is 414 g/mol. The summed E-state index contributed by atoms with van der Waals surface area (Å²) in [6.07, 6.45) is -8.25. The number of carbonyl (C=O) groups is 3. The summed E-state index contributed by atoms with van der Waals surface area (Å²) < 4.78 is 98.4. The van der Waals surface area contributed by atoms with Crippen LogP contribution in [0.5, 0.6) is 0 Å². The van der Waals surface area contributed by atoms with E-state index in [-0.39, 0.29) is 0 Å². The summed E-state index contributed by atoms with van der Waals surface area (Å²) in [4.78, 5) is 33.6. The molecule has 1 atom stereocenters. The average molecular weight is 414 g/mol. The van der Waals surface area contributed by atoms with Crippen molar-refractivity contribution in [2.75, 3.05) is 0 Å². The molecule has 0 aliphatic rings. The summed E-state index contributed by atoms with van der Waals surface area (Å²) in [6, 6.07) is 0. The van der Waals surface area contributed by atoms with E-state index in [1.54, 1.807) is 0 Å². The fraction of sp³-hybridized carbons (Fsp3) is 0.750. The van der Waals surface area contributed by atoms with Crippen LogP contribution in [0.4, 0.5) is 26.3 Å². The molecule has 0 aromatic carbocycles. The summed E-state index contributed by atoms with van der Waals surface area (Å²) in [5.41, 5.74) is -5.34. The van der Waals surface area contributed by atoms with Gasteiger partial charge in [0.15, 0.2) is 0 Å². The van der Waals surface area contributed by atoms with Crippen molar-refractivity contribution in [1.82, 2.24) is 0 Å². The van der Waals surface area contributed by atoms with E-state index >= 15 is 4.39 Å². The molecule has 0 aliphatic carbocycles. The first-order valence-corrected chi connectivity index (χ1v) is 8.54. The van der Waals surface area contributed by atoms with Gasteiger partial charge >= 0.3 is 26.4 Å². The zero-order valence-corrected chi connectivity index (χ0v) is 15.2. The van der Waals surface area contributed by atoms with Crippen molar-refractivity contribution in [2.24, 2.45) is 0 Å². The molecule has 0 heterocycles. The second-order valence-electron chi connectivity index (χ2n) is 5.17. The van der Waals surface area contributed by atoms with Gasteiger partial charge in [-0.05, 0) is 13.8 Å². The fourth-order valence-corrected chi connectivity index (χ4v) is 4.23. The standard InChI is InChI=1S/C12H16F6O7Si/c1-6(2)22-12(18,10(13,14)11(15,16)17)26(23-7(3)19,24-8(4)20)25-9(5)21/h6H,1-5H3. The first-order chi connectivity index (χ1) is 11.4. The second-order valence-corrected chi connectivity index (χ2v) is 7.54. The highest BCUT2D eigenvalue weighted by Crippen LogP contribution is 2.51. The van der Waals surface area contributed by atoms with Gasteiger partial charge in [-0.3, -0.25) is 14.4 Å². The van der Waals surface area contributed by atoms with Crippen LogP contribution in [0.2, 0.25) is 0 Å². The quantitative estimate of drug-likeness (QED) is 0.467. The van der Waals surface area contributed by atoms with E-state index in [9.17, 15) is 36.3 Å². The lowest BCUT2D eigenvalue weighted by molar-refractivity contribution is -0.374. The van der Waals surface area contributed by atoms with Crippen molar-refractivity contribution in [3.63, 3.8) is 0 Å². The van der Waals surface area contributed by atoms with E-state index in [1.165, 1.54) is 0 Å². The molecule has 0 aromatic rings. The highest BCUT2D eigenvalue weighted by molar-refractivity contribution is 6.68. The van der Waals surface area contributed by atoms with E-state index in [0.29, 0.717) is 20.8 Å². The molecule has 0 aromatic heterocycles. The number of ether oxygens (including phenoxy) is 1. The topological polar surface area (TPSA) is 88.1 Å². The third-order valence-corrected chi connectivity index (χ3v) is 5.27. The van der Waals surface area contributed by atoms with Crippen molar-refractivity contribution in [3.05, 3.63) is 0 Å². The zero-order chi connectivity index (χ0) is 21.1. The Labute approximate surface area is 144 Å². The summed E-state index contributed by atoms with van der Waals surface area (Å²) in [7, 11) is -6.45. The predicted molar refractivity (Wildman–Crippen MR) is 72.1 cm³/mol. The molecule has 152 valence electrons. The molecule has 0 fully saturated rings. The molecule has 0 bridgehead atoms. The van der Waals surface area contributed by atoms with Crippen molar-refractivity contribution in [1.29, 1.82) is 0 Å². The fourth-order valence-electron chi connectivity index (χ4n) is 1.67. The molecule has 14 heteroatoms. The van der Waals surface area contributed by atoms with Crippen LogP contribution in [-0.2, 0) is 32.4 Å². The maximum atomic E-state index is 15.3. The minimum absolute atomic E-state index is 0.482. The molecule has 0 aliphatic heterocycles. The average Bonchev–Trinajstić information content (AvgIpc) is 2.32. The van der Waals surface area contributed by atoms with Gasteiger partial charge in [-0.1, -0.05) is 0 Å². The summed E-state index contributed by atoms with van der Waals surface area (Å²) in [5, 5.41) is 0. The van der Waals surface area contributed by atoms with Gasteiger partial charge in [0.2, 0.25) is 0 Å². The van der Waals surface area contributed by atoms with Gasteiger partial charge in [0, 0.05) is 20.8 Å². The normalized spacial score (nSPS) is 15.2. The first kappa shape index (κ1) is 24.2. The van der Waals surface area contributed by atoms with Crippen LogP contribution in [0.3, 0.4) is 0 Å². The Kier molecular flexibility index (Phi) is 7.26. The molecule has 0 rings (SSSR count). The summed E-state index contributed by atoms with van der Waals surface area (Å²) in [6.45, 7) is 3.19. The predicted octanol–water partition coefficient (Wildman–Crippen LogP) is 2.44. The highest BCUT2D eigenvalue weighted by Gasteiger charge is 2.90. The van der Waals surface area contributed by atoms with Crippen LogP contribution in [0, 0.1) is 0 Å². The molecule has 7 nitrogen and oxygen atoms in total. The van der Waals surface area contributed by atoms with Gasteiger partial charge < -0.3 is 18.0 Å². The lowest BCUT2D eigenvalue weighted by Crippen LogP contribution is -2.76. The molecule has 0 N–H and O–H groups in total. The maximum absolute atomic E-state index is 15.3. The first-order valence-electron chi connectivity index (χ1n) is 6.82. The van der Waals surface area contributed by atoms with Gasteiger partial charge in [-0.15, -0.1) is 0 Å². The Hall–Kier alpha value is -1.83. The van der Waals surface area contributed by atoms with E-state index < -0.39 is 50.4 Å². The van der Waals surface area contributed by atoms with E-state index in [1.807, 2.05) is 0 Å². The van der Waals surface area contributed by atoms with Crippen LogP contribution in [0.1, 0.15) is 34.6 Å². The number of carbonyl (C=O) groups excluding carboxylic acids is 3. The SMILES string of the molecule is CC(=O)O[Si](OC(C)=O)(OC(C)=O)C(F)(OC(C)C)C(F)(F)C(F)(F)F. The third-order valence-electron chi connectivity index (χ3n) is 2.39. The zero-order valence-electron chi connectivity index (χ0n) is 14.2. The van der Waals surface area contributed by atoms with Gasteiger partial charge in [0.1, 0.15) is 0 Å². The molecular weight excluding hydrogens is 398 g/mol. The van der Waals surface area contributed by atoms with Crippen LogP contribution in [0.15, 0.2) is 0 Å². The van der Waals surface area contributed by atoms with Crippen molar-refractivity contribution >= 4 is 26.7 Å². The second kappa shape index (κ2) is 7.81. The molecular formula is C12H16F6O7Si. The molecule has 0 spiro atoms. The van der Waals surface area contributed by atoms with Gasteiger partial charge in [-0.25, -0.2) is 0 Å². The molecule has 0 saturated heterocycles. The largest absolute Gasteiger partial charge is 0.781 e. The number of alkyl halides is 6.